The molecule has 0 unspecified atom stereocenters. The van der Waals surface area contributed by atoms with E-state index in [0.717, 1.165) is 44.3 Å². The summed E-state index contributed by atoms with van der Waals surface area (Å²) in [6, 6.07) is 2.64. The van der Waals surface area contributed by atoms with Crippen molar-refractivity contribution in [1.82, 2.24) is 10.2 Å². The van der Waals surface area contributed by atoms with Crippen LogP contribution >= 0.6 is 0 Å². The lowest BCUT2D eigenvalue weighted by atomic mass is 10.2. The van der Waals surface area contributed by atoms with Crippen LogP contribution < -0.4 is 5.32 Å². The van der Waals surface area contributed by atoms with Crippen LogP contribution in [-0.2, 0) is 17.8 Å². The Kier molecular flexibility index (Phi) is 7.13. The maximum absolute atomic E-state index is 5.79. The highest BCUT2D eigenvalue weighted by Gasteiger charge is 2.11. The molecular formula is C15H28N2O2. The second-order valence-electron chi connectivity index (χ2n) is 5.19. The molecule has 4 nitrogen and oxygen atoms in total. The molecule has 1 aromatic heterocycles. The molecular weight excluding hydrogens is 240 g/mol. The molecule has 0 aliphatic rings. The zero-order valence-electron chi connectivity index (χ0n) is 13.0. The predicted molar refractivity (Wildman–Crippen MR) is 78.2 cm³/mol. The number of likely N-dealkylation sites (N-methyl/N-ethyl adjacent to an activating group) is 1. The summed E-state index contributed by atoms with van der Waals surface area (Å²) in [5.41, 5.74) is 1.28. The Morgan fingerprint density at radius 1 is 1.42 bits per heavy atom. The van der Waals surface area contributed by atoms with Crippen LogP contribution in [0.3, 0.4) is 0 Å². The Bertz CT molecular complexity index is 361. The lowest BCUT2D eigenvalue weighted by Crippen LogP contribution is -2.26. The third-order valence-electron chi connectivity index (χ3n) is 3.21. The van der Waals surface area contributed by atoms with E-state index in [1.165, 1.54) is 5.56 Å². The molecule has 0 atom stereocenters. The second-order valence-corrected chi connectivity index (χ2v) is 5.19. The first kappa shape index (κ1) is 16.2. The van der Waals surface area contributed by atoms with Gasteiger partial charge in [-0.15, -0.1) is 0 Å². The molecule has 1 N–H and O–H groups in total. The van der Waals surface area contributed by atoms with Crippen molar-refractivity contribution in [3.05, 3.63) is 23.2 Å². The Labute approximate surface area is 117 Å². The maximum Gasteiger partial charge on any atom is 0.118 e. The monoisotopic (exact) mass is 268 g/mol. The number of rotatable bonds is 9. The summed E-state index contributed by atoms with van der Waals surface area (Å²) in [4.78, 5) is 2.36. The Morgan fingerprint density at radius 2 is 2.16 bits per heavy atom. The fourth-order valence-corrected chi connectivity index (χ4v) is 1.95. The molecule has 4 heteroatoms. The van der Waals surface area contributed by atoms with Gasteiger partial charge in [0.05, 0.1) is 13.2 Å². The highest BCUT2D eigenvalue weighted by Crippen LogP contribution is 2.16. The van der Waals surface area contributed by atoms with E-state index in [-0.39, 0.29) is 0 Å². The molecule has 0 spiro atoms. The Balaban J connectivity index is 2.57. The van der Waals surface area contributed by atoms with E-state index in [1.54, 1.807) is 7.11 Å². The van der Waals surface area contributed by atoms with Crippen LogP contribution in [0.4, 0.5) is 0 Å². The number of ether oxygens (including phenoxy) is 1. The predicted octanol–water partition coefficient (Wildman–Crippen LogP) is 2.55. The summed E-state index contributed by atoms with van der Waals surface area (Å²) in [6.07, 6.45) is 0. The average Bonchev–Trinajstić information content (AvgIpc) is 2.72. The van der Waals surface area contributed by atoms with Gasteiger partial charge in [0.25, 0.3) is 0 Å². The lowest BCUT2D eigenvalue weighted by molar-refractivity contribution is 0.147. The molecule has 0 bridgehead atoms. The number of hydrogen-bond donors (Lipinski definition) is 1. The van der Waals surface area contributed by atoms with Crippen molar-refractivity contribution in [3.63, 3.8) is 0 Å². The summed E-state index contributed by atoms with van der Waals surface area (Å²) in [5, 5.41) is 3.38. The van der Waals surface area contributed by atoms with Crippen molar-refractivity contribution >= 4 is 0 Å². The first-order valence-electron chi connectivity index (χ1n) is 7.09. The standard InChI is InChI=1S/C15H28N2O2/c1-6-17(7-8-18-5)11-14-9-15(19-13(14)4)10-16-12(2)3/h9,12,16H,6-8,10-11H2,1-5H3. The normalized spacial score (nSPS) is 11.7. The molecule has 1 rings (SSSR count). The molecule has 0 aromatic carbocycles. The molecule has 0 aliphatic heterocycles. The largest absolute Gasteiger partial charge is 0.465 e. The number of nitrogens with zero attached hydrogens (tertiary/aromatic N) is 1. The zero-order valence-corrected chi connectivity index (χ0v) is 13.0. The first-order valence-corrected chi connectivity index (χ1v) is 7.09. The van der Waals surface area contributed by atoms with Crippen LogP contribution in [0.5, 0.6) is 0 Å². The minimum atomic E-state index is 0.475. The van der Waals surface area contributed by atoms with E-state index in [0.29, 0.717) is 6.04 Å². The number of aryl methyl sites for hydroxylation is 1. The number of furan rings is 1. The minimum absolute atomic E-state index is 0.475. The van der Waals surface area contributed by atoms with Crippen LogP contribution in [0, 0.1) is 6.92 Å². The smallest absolute Gasteiger partial charge is 0.118 e. The Hall–Kier alpha value is -0.840. The Morgan fingerprint density at radius 3 is 2.74 bits per heavy atom. The van der Waals surface area contributed by atoms with Gasteiger partial charge in [-0.1, -0.05) is 20.8 Å². The van der Waals surface area contributed by atoms with Gasteiger partial charge in [-0.2, -0.15) is 0 Å². The van der Waals surface area contributed by atoms with Crippen LogP contribution in [0.25, 0.3) is 0 Å². The van der Waals surface area contributed by atoms with Crippen molar-refractivity contribution in [2.45, 2.75) is 46.8 Å². The summed E-state index contributed by atoms with van der Waals surface area (Å²) >= 11 is 0. The minimum Gasteiger partial charge on any atom is -0.465 e. The molecule has 0 radical (unpaired) electrons. The van der Waals surface area contributed by atoms with E-state index in [2.05, 4.69) is 37.1 Å². The molecule has 1 heterocycles. The van der Waals surface area contributed by atoms with Gasteiger partial charge < -0.3 is 14.5 Å². The van der Waals surface area contributed by atoms with Crippen molar-refractivity contribution < 1.29 is 9.15 Å². The van der Waals surface area contributed by atoms with E-state index in [9.17, 15) is 0 Å². The fraction of sp³-hybridized carbons (Fsp3) is 0.733. The molecule has 110 valence electrons. The van der Waals surface area contributed by atoms with Crippen molar-refractivity contribution in [2.75, 3.05) is 26.8 Å². The number of hydrogen-bond acceptors (Lipinski definition) is 4. The van der Waals surface area contributed by atoms with E-state index in [4.69, 9.17) is 9.15 Å². The number of methoxy groups -OCH3 is 1. The van der Waals surface area contributed by atoms with Gasteiger partial charge in [-0.3, -0.25) is 4.90 Å². The summed E-state index contributed by atoms with van der Waals surface area (Å²) < 4.78 is 10.9. The van der Waals surface area contributed by atoms with Gasteiger partial charge in [0.1, 0.15) is 11.5 Å². The van der Waals surface area contributed by atoms with Crippen molar-refractivity contribution in [3.8, 4) is 0 Å². The summed E-state index contributed by atoms with van der Waals surface area (Å²) in [6.45, 7) is 13.0. The van der Waals surface area contributed by atoms with E-state index < -0.39 is 0 Å². The molecule has 0 fully saturated rings. The average molecular weight is 268 g/mol. The molecule has 1 aromatic rings. The third-order valence-corrected chi connectivity index (χ3v) is 3.21. The van der Waals surface area contributed by atoms with Gasteiger partial charge in [-0.05, 0) is 19.5 Å². The van der Waals surface area contributed by atoms with Gasteiger partial charge >= 0.3 is 0 Å². The van der Waals surface area contributed by atoms with Crippen LogP contribution in [0.15, 0.2) is 10.5 Å². The van der Waals surface area contributed by atoms with Gasteiger partial charge in [-0.25, -0.2) is 0 Å². The molecule has 0 saturated heterocycles. The lowest BCUT2D eigenvalue weighted by Gasteiger charge is -2.19. The van der Waals surface area contributed by atoms with Gasteiger partial charge in [0, 0.05) is 31.8 Å². The van der Waals surface area contributed by atoms with Gasteiger partial charge in [0.15, 0.2) is 0 Å². The molecule has 19 heavy (non-hydrogen) atoms. The molecule has 0 aliphatic carbocycles. The number of nitrogens with one attached hydrogen (secondary N) is 1. The highest BCUT2D eigenvalue weighted by molar-refractivity contribution is 5.20. The van der Waals surface area contributed by atoms with E-state index in [1.807, 2.05) is 6.92 Å². The van der Waals surface area contributed by atoms with Crippen LogP contribution in [-0.4, -0.2) is 37.7 Å². The fourth-order valence-electron chi connectivity index (χ4n) is 1.95. The first-order chi connectivity index (χ1) is 9.06. The van der Waals surface area contributed by atoms with Crippen molar-refractivity contribution in [1.29, 1.82) is 0 Å². The third kappa shape index (κ3) is 5.76. The SMILES string of the molecule is CCN(CCOC)Cc1cc(CNC(C)C)oc1C. The zero-order chi connectivity index (χ0) is 14.3. The quantitative estimate of drug-likeness (QED) is 0.747. The second kappa shape index (κ2) is 8.35. The molecule has 0 saturated carbocycles. The van der Waals surface area contributed by atoms with Crippen molar-refractivity contribution in [2.24, 2.45) is 0 Å². The van der Waals surface area contributed by atoms with Crippen LogP contribution in [0.1, 0.15) is 37.9 Å². The summed E-state index contributed by atoms with van der Waals surface area (Å²) in [5.74, 6) is 2.04. The van der Waals surface area contributed by atoms with Gasteiger partial charge in [0.2, 0.25) is 0 Å². The van der Waals surface area contributed by atoms with E-state index >= 15 is 0 Å². The highest BCUT2D eigenvalue weighted by atomic mass is 16.5. The maximum atomic E-state index is 5.79. The summed E-state index contributed by atoms with van der Waals surface area (Å²) in [7, 11) is 1.74. The van der Waals surface area contributed by atoms with Crippen LogP contribution in [0.2, 0.25) is 0 Å². The topological polar surface area (TPSA) is 37.6 Å². The molecule has 0 amide bonds.